The number of ether oxygens (including phenoxy) is 1. The molecule has 1 aromatic rings. The van der Waals surface area contributed by atoms with Crippen LogP contribution in [-0.2, 0) is 11.3 Å². The number of esters is 1. The number of allylic oxidation sites excluding steroid dienone is 1. The second-order valence-corrected chi connectivity index (χ2v) is 7.55. The lowest BCUT2D eigenvalue weighted by atomic mass is 10.1. The summed E-state index contributed by atoms with van der Waals surface area (Å²) in [6.07, 6.45) is 1.73. The Labute approximate surface area is 158 Å². The van der Waals surface area contributed by atoms with Crippen LogP contribution in [0, 0.1) is 25.7 Å². The summed E-state index contributed by atoms with van der Waals surface area (Å²) in [6.45, 7) is 19.8. The summed E-state index contributed by atoms with van der Waals surface area (Å²) in [5.74, 6) is 0.334. The van der Waals surface area contributed by atoms with Crippen molar-refractivity contribution in [2.24, 2.45) is 11.8 Å². The van der Waals surface area contributed by atoms with E-state index in [-0.39, 0.29) is 5.91 Å². The molecule has 0 aromatic carbocycles. The molecule has 0 aliphatic rings. The van der Waals surface area contributed by atoms with E-state index < -0.39 is 5.97 Å². The molecule has 5 heteroatoms. The highest BCUT2D eigenvalue weighted by atomic mass is 16.5. The van der Waals surface area contributed by atoms with Gasteiger partial charge in [-0.15, -0.1) is 6.58 Å². The van der Waals surface area contributed by atoms with Gasteiger partial charge < -0.3 is 14.2 Å². The predicted octanol–water partition coefficient (Wildman–Crippen LogP) is 4.22. The molecule has 5 nitrogen and oxygen atoms in total. The first kappa shape index (κ1) is 22.0. The van der Waals surface area contributed by atoms with Crippen LogP contribution in [-0.4, -0.2) is 41.0 Å². The van der Waals surface area contributed by atoms with Crippen molar-refractivity contribution in [3.63, 3.8) is 0 Å². The maximum Gasteiger partial charge on any atom is 0.355 e. The van der Waals surface area contributed by atoms with Crippen LogP contribution in [0.25, 0.3) is 0 Å². The van der Waals surface area contributed by atoms with Crippen LogP contribution in [0.1, 0.15) is 66.7 Å². The molecule has 0 bridgehead atoms. The number of aromatic nitrogens is 1. The molecule has 146 valence electrons. The normalized spacial score (nSPS) is 11.1. The first-order valence-electron chi connectivity index (χ1n) is 9.42. The number of hydrogen-bond donors (Lipinski definition) is 0. The monoisotopic (exact) mass is 362 g/mol. The Balaban J connectivity index is 3.45. The van der Waals surface area contributed by atoms with Gasteiger partial charge in [0.05, 0.1) is 12.2 Å². The van der Waals surface area contributed by atoms with Crippen LogP contribution in [0.3, 0.4) is 0 Å². The molecule has 1 rings (SSSR count). The van der Waals surface area contributed by atoms with Crippen molar-refractivity contribution in [3.8, 4) is 0 Å². The molecule has 1 amide bonds. The highest BCUT2D eigenvalue weighted by molar-refractivity contribution is 6.01. The van der Waals surface area contributed by atoms with E-state index in [1.165, 1.54) is 0 Å². The fourth-order valence-electron chi connectivity index (χ4n) is 3.31. The van der Waals surface area contributed by atoms with Crippen LogP contribution in [0.2, 0.25) is 0 Å². The number of nitrogens with zero attached hydrogens (tertiary/aromatic N) is 2. The largest absolute Gasteiger partial charge is 0.461 e. The average Bonchev–Trinajstić information content (AvgIpc) is 2.76. The minimum atomic E-state index is -0.395. The number of amides is 1. The maximum atomic E-state index is 13.3. The molecule has 26 heavy (non-hydrogen) atoms. The van der Waals surface area contributed by atoms with Gasteiger partial charge in [0.15, 0.2) is 0 Å². The lowest BCUT2D eigenvalue weighted by Crippen LogP contribution is -2.37. The second kappa shape index (κ2) is 9.60. The summed E-state index contributed by atoms with van der Waals surface area (Å²) < 4.78 is 7.04. The Hall–Kier alpha value is -2.04. The zero-order chi connectivity index (χ0) is 20.0. The van der Waals surface area contributed by atoms with E-state index in [0.29, 0.717) is 54.9 Å². The standard InChI is InChI=1S/C21H34N2O3/c1-9-11-23-17(8)18(16(7)19(23)21(25)26-10-2)20(24)22(12-14(3)4)13-15(5)6/h9,14-15H,1,10-13H2,2-8H3. The lowest BCUT2D eigenvalue weighted by Gasteiger charge is -2.27. The van der Waals surface area contributed by atoms with E-state index in [2.05, 4.69) is 34.3 Å². The Kier molecular flexibility index (Phi) is 8.12. The molecular formula is C21H34N2O3. The van der Waals surface area contributed by atoms with Gasteiger partial charge >= 0.3 is 5.97 Å². The van der Waals surface area contributed by atoms with Crippen LogP contribution >= 0.6 is 0 Å². The van der Waals surface area contributed by atoms with Crippen molar-refractivity contribution >= 4 is 11.9 Å². The smallest absolute Gasteiger partial charge is 0.355 e. The van der Waals surface area contributed by atoms with Gasteiger partial charge in [0.25, 0.3) is 5.91 Å². The average molecular weight is 363 g/mol. The van der Waals surface area contributed by atoms with Gasteiger partial charge in [-0.2, -0.15) is 0 Å². The zero-order valence-electron chi connectivity index (χ0n) is 17.4. The quantitative estimate of drug-likeness (QED) is 0.488. The summed E-state index contributed by atoms with van der Waals surface area (Å²) in [5.41, 5.74) is 2.52. The molecule has 0 saturated carbocycles. The van der Waals surface area contributed by atoms with E-state index in [1.807, 2.05) is 23.3 Å². The molecule has 0 fully saturated rings. The third-order valence-corrected chi connectivity index (χ3v) is 4.22. The number of hydrogen-bond acceptors (Lipinski definition) is 3. The first-order valence-corrected chi connectivity index (χ1v) is 9.42. The summed E-state index contributed by atoms with van der Waals surface area (Å²) in [4.78, 5) is 27.7. The SMILES string of the molecule is C=CCn1c(C)c(C(=O)N(CC(C)C)CC(C)C)c(C)c1C(=O)OCC. The Morgan fingerprint density at radius 1 is 1.15 bits per heavy atom. The van der Waals surface area contributed by atoms with E-state index in [1.54, 1.807) is 13.0 Å². The minimum absolute atomic E-state index is 0.0178. The van der Waals surface area contributed by atoms with Gasteiger partial charge in [-0.1, -0.05) is 33.8 Å². The van der Waals surface area contributed by atoms with Crippen LogP contribution < -0.4 is 0 Å². The van der Waals surface area contributed by atoms with Gasteiger partial charge in [-0.05, 0) is 38.2 Å². The fraction of sp³-hybridized carbons (Fsp3) is 0.619. The van der Waals surface area contributed by atoms with Crippen molar-refractivity contribution in [3.05, 3.63) is 35.2 Å². The zero-order valence-corrected chi connectivity index (χ0v) is 17.4. The van der Waals surface area contributed by atoms with E-state index in [9.17, 15) is 9.59 Å². The molecule has 1 aromatic heterocycles. The van der Waals surface area contributed by atoms with Crippen molar-refractivity contribution in [1.82, 2.24) is 9.47 Å². The van der Waals surface area contributed by atoms with E-state index in [0.717, 1.165) is 5.69 Å². The van der Waals surface area contributed by atoms with Crippen LogP contribution in [0.5, 0.6) is 0 Å². The Bertz CT molecular complexity index is 647. The topological polar surface area (TPSA) is 51.5 Å². The molecule has 0 saturated heterocycles. The van der Waals surface area contributed by atoms with Crippen molar-refractivity contribution in [1.29, 1.82) is 0 Å². The number of carbonyl (C=O) groups excluding carboxylic acids is 2. The minimum Gasteiger partial charge on any atom is -0.461 e. The number of carbonyl (C=O) groups is 2. The Morgan fingerprint density at radius 2 is 1.69 bits per heavy atom. The molecule has 0 aliphatic carbocycles. The van der Waals surface area contributed by atoms with Gasteiger partial charge in [0, 0.05) is 25.3 Å². The highest BCUT2D eigenvalue weighted by Gasteiger charge is 2.29. The van der Waals surface area contributed by atoms with Gasteiger partial charge in [0.2, 0.25) is 0 Å². The molecule has 0 radical (unpaired) electrons. The third-order valence-electron chi connectivity index (χ3n) is 4.22. The molecular weight excluding hydrogens is 328 g/mol. The van der Waals surface area contributed by atoms with E-state index in [4.69, 9.17) is 4.74 Å². The first-order chi connectivity index (χ1) is 12.1. The summed E-state index contributed by atoms with van der Waals surface area (Å²) in [5, 5.41) is 0. The molecule has 0 atom stereocenters. The Morgan fingerprint density at radius 3 is 2.12 bits per heavy atom. The summed E-state index contributed by atoms with van der Waals surface area (Å²) in [7, 11) is 0. The van der Waals surface area contributed by atoms with Crippen molar-refractivity contribution in [2.75, 3.05) is 19.7 Å². The molecule has 0 aliphatic heterocycles. The van der Waals surface area contributed by atoms with Gasteiger partial charge in [-0.25, -0.2) is 4.79 Å². The summed E-state index contributed by atoms with van der Waals surface area (Å²) in [6, 6.07) is 0. The number of rotatable bonds is 9. The van der Waals surface area contributed by atoms with Gasteiger partial charge in [-0.3, -0.25) is 4.79 Å². The molecule has 0 spiro atoms. The maximum absolute atomic E-state index is 13.3. The molecule has 0 unspecified atom stereocenters. The molecule has 1 heterocycles. The van der Waals surface area contributed by atoms with Crippen LogP contribution in [0.15, 0.2) is 12.7 Å². The summed E-state index contributed by atoms with van der Waals surface area (Å²) >= 11 is 0. The molecule has 0 N–H and O–H groups in total. The predicted molar refractivity (Wildman–Crippen MR) is 106 cm³/mol. The third kappa shape index (κ3) is 4.99. The van der Waals surface area contributed by atoms with Gasteiger partial charge in [0.1, 0.15) is 5.69 Å². The van der Waals surface area contributed by atoms with Crippen molar-refractivity contribution in [2.45, 2.75) is 55.0 Å². The van der Waals surface area contributed by atoms with Crippen molar-refractivity contribution < 1.29 is 14.3 Å². The lowest BCUT2D eigenvalue weighted by molar-refractivity contribution is 0.0513. The van der Waals surface area contributed by atoms with E-state index >= 15 is 0 Å². The fourth-order valence-corrected chi connectivity index (χ4v) is 3.31. The second-order valence-electron chi connectivity index (χ2n) is 7.55. The van der Waals surface area contributed by atoms with Crippen LogP contribution in [0.4, 0.5) is 0 Å². The highest BCUT2D eigenvalue weighted by Crippen LogP contribution is 2.25.